The van der Waals surface area contributed by atoms with E-state index < -0.39 is 0 Å². The molecule has 1 aliphatic heterocycles. The number of benzene rings is 2. The molecular weight excluding hydrogens is 310 g/mol. The van der Waals surface area contributed by atoms with E-state index in [-0.39, 0.29) is 6.04 Å². The van der Waals surface area contributed by atoms with Crippen molar-refractivity contribution in [2.24, 2.45) is 10.7 Å². The van der Waals surface area contributed by atoms with Crippen LogP contribution in [0.5, 0.6) is 5.75 Å². The maximum atomic E-state index is 6.20. The molecule has 1 aliphatic carbocycles. The lowest BCUT2D eigenvalue weighted by Gasteiger charge is -2.27. The van der Waals surface area contributed by atoms with Gasteiger partial charge in [0.15, 0.2) is 5.96 Å². The fourth-order valence-electron chi connectivity index (χ4n) is 3.97. The third-order valence-corrected chi connectivity index (χ3v) is 5.26. The molecule has 0 bridgehead atoms. The van der Waals surface area contributed by atoms with E-state index in [1.54, 1.807) is 0 Å². The quantitative estimate of drug-likeness (QED) is 0.666. The van der Waals surface area contributed by atoms with Crippen molar-refractivity contribution in [1.82, 2.24) is 5.32 Å². The van der Waals surface area contributed by atoms with Crippen molar-refractivity contribution in [2.75, 3.05) is 13.2 Å². The highest BCUT2D eigenvalue weighted by atomic mass is 16.5. The molecule has 1 heterocycles. The monoisotopic (exact) mass is 335 g/mol. The van der Waals surface area contributed by atoms with Gasteiger partial charge < -0.3 is 15.8 Å². The molecule has 0 aromatic heterocycles. The minimum absolute atomic E-state index is 0.173. The van der Waals surface area contributed by atoms with Gasteiger partial charge in [-0.2, -0.15) is 0 Å². The molecule has 3 N–H and O–H groups in total. The Labute approximate surface area is 149 Å². The van der Waals surface area contributed by atoms with Gasteiger partial charge in [-0.3, -0.25) is 4.99 Å². The number of hydrogen-bond donors (Lipinski definition) is 2. The fraction of sp³-hybridized carbons (Fsp3) is 0.381. The Kier molecular flexibility index (Phi) is 4.59. The topological polar surface area (TPSA) is 59.6 Å². The summed E-state index contributed by atoms with van der Waals surface area (Å²) >= 11 is 0. The summed E-state index contributed by atoms with van der Waals surface area (Å²) in [5.41, 5.74) is 10.3. The highest BCUT2D eigenvalue weighted by molar-refractivity contribution is 5.78. The number of ether oxygens (including phenoxy) is 1. The van der Waals surface area contributed by atoms with Crippen LogP contribution in [0.1, 0.15) is 47.9 Å². The number of rotatable bonds is 3. The predicted octanol–water partition coefficient (Wildman–Crippen LogP) is 3.53. The van der Waals surface area contributed by atoms with Crippen molar-refractivity contribution in [3.05, 3.63) is 65.2 Å². The van der Waals surface area contributed by atoms with Gasteiger partial charge in [-0.25, -0.2) is 0 Å². The molecule has 130 valence electrons. The zero-order valence-corrected chi connectivity index (χ0v) is 14.4. The van der Waals surface area contributed by atoms with Gasteiger partial charge >= 0.3 is 0 Å². The van der Waals surface area contributed by atoms with E-state index in [0.29, 0.717) is 18.5 Å². The van der Waals surface area contributed by atoms with E-state index in [9.17, 15) is 0 Å². The van der Waals surface area contributed by atoms with Gasteiger partial charge in [0.25, 0.3) is 0 Å². The van der Waals surface area contributed by atoms with Crippen molar-refractivity contribution in [3.8, 4) is 5.75 Å². The summed E-state index contributed by atoms with van der Waals surface area (Å²) < 4.78 is 5.71. The lowest BCUT2D eigenvalue weighted by atomic mass is 9.83. The Balaban J connectivity index is 1.44. The zero-order valence-electron chi connectivity index (χ0n) is 14.4. The SMILES string of the molecule is NC(=NCC1CCCc2ccccc21)NC1CCOc2ccccc21. The summed E-state index contributed by atoms with van der Waals surface area (Å²) in [6.45, 7) is 1.46. The maximum absolute atomic E-state index is 6.20. The second-order valence-electron chi connectivity index (χ2n) is 6.89. The summed E-state index contributed by atoms with van der Waals surface area (Å²) in [7, 11) is 0. The Morgan fingerprint density at radius 2 is 1.88 bits per heavy atom. The van der Waals surface area contributed by atoms with E-state index in [1.807, 2.05) is 18.2 Å². The van der Waals surface area contributed by atoms with Gasteiger partial charge in [0, 0.05) is 24.4 Å². The highest BCUT2D eigenvalue weighted by Crippen LogP contribution is 2.32. The van der Waals surface area contributed by atoms with Gasteiger partial charge in [0.2, 0.25) is 0 Å². The first-order valence-electron chi connectivity index (χ1n) is 9.17. The molecule has 4 heteroatoms. The van der Waals surface area contributed by atoms with Gasteiger partial charge in [-0.1, -0.05) is 42.5 Å². The van der Waals surface area contributed by atoms with Crippen LogP contribution in [0.2, 0.25) is 0 Å². The van der Waals surface area contributed by atoms with Crippen LogP contribution in [0.3, 0.4) is 0 Å². The summed E-state index contributed by atoms with van der Waals surface area (Å²) in [6, 6.07) is 17.1. The number of fused-ring (bicyclic) bond motifs is 2. The molecule has 0 radical (unpaired) electrons. The molecule has 2 aromatic carbocycles. The lowest BCUT2D eigenvalue weighted by molar-refractivity contribution is 0.262. The van der Waals surface area contributed by atoms with E-state index in [1.165, 1.54) is 30.4 Å². The molecule has 25 heavy (non-hydrogen) atoms. The Bertz CT molecular complexity index is 771. The minimum Gasteiger partial charge on any atom is -0.493 e. The third-order valence-electron chi connectivity index (χ3n) is 5.26. The van der Waals surface area contributed by atoms with Gasteiger partial charge in [0.1, 0.15) is 5.75 Å². The van der Waals surface area contributed by atoms with Crippen LogP contribution in [0.4, 0.5) is 0 Å². The number of hydrogen-bond acceptors (Lipinski definition) is 2. The van der Waals surface area contributed by atoms with E-state index in [4.69, 9.17) is 10.5 Å². The number of guanidine groups is 1. The number of nitrogens with one attached hydrogen (secondary N) is 1. The van der Waals surface area contributed by atoms with E-state index in [2.05, 4.69) is 40.6 Å². The molecule has 0 amide bonds. The number of aliphatic imine (C=N–C) groups is 1. The third kappa shape index (κ3) is 3.48. The summed E-state index contributed by atoms with van der Waals surface area (Å²) in [6.07, 6.45) is 4.51. The van der Waals surface area contributed by atoms with Crippen LogP contribution >= 0.6 is 0 Å². The van der Waals surface area contributed by atoms with E-state index >= 15 is 0 Å². The largest absolute Gasteiger partial charge is 0.493 e. The van der Waals surface area contributed by atoms with E-state index in [0.717, 1.165) is 24.3 Å². The molecule has 2 aliphatic rings. The normalized spacial score (nSPS) is 22.5. The molecule has 2 atom stereocenters. The van der Waals surface area contributed by atoms with Crippen molar-refractivity contribution in [3.63, 3.8) is 0 Å². The molecule has 0 saturated carbocycles. The molecule has 0 fully saturated rings. The van der Waals surface area contributed by atoms with Crippen molar-refractivity contribution in [1.29, 1.82) is 0 Å². The standard InChI is InChI=1S/C21H25N3O/c22-21(24-19-12-13-25-20-11-4-3-10-18(19)20)23-14-16-8-5-7-15-6-1-2-9-17(15)16/h1-4,6,9-11,16,19H,5,7-8,12-14H2,(H3,22,23,24). The Morgan fingerprint density at radius 1 is 1.08 bits per heavy atom. The van der Waals surface area contributed by atoms with Crippen molar-refractivity contribution >= 4 is 5.96 Å². The average molecular weight is 335 g/mol. The Morgan fingerprint density at radius 3 is 2.80 bits per heavy atom. The van der Waals surface area contributed by atoms with Crippen LogP contribution in [0.15, 0.2) is 53.5 Å². The van der Waals surface area contributed by atoms with Crippen molar-refractivity contribution < 1.29 is 4.74 Å². The number of nitrogens with two attached hydrogens (primary N) is 1. The van der Waals surface area contributed by atoms with Gasteiger partial charge in [-0.15, -0.1) is 0 Å². The van der Waals surface area contributed by atoms with Crippen LogP contribution in [-0.4, -0.2) is 19.1 Å². The van der Waals surface area contributed by atoms with Crippen LogP contribution in [0, 0.1) is 0 Å². The highest BCUT2D eigenvalue weighted by Gasteiger charge is 2.22. The first kappa shape index (κ1) is 16.0. The summed E-state index contributed by atoms with van der Waals surface area (Å²) in [5, 5.41) is 3.39. The van der Waals surface area contributed by atoms with Crippen molar-refractivity contribution in [2.45, 2.75) is 37.6 Å². The minimum atomic E-state index is 0.173. The smallest absolute Gasteiger partial charge is 0.189 e. The molecule has 2 unspecified atom stereocenters. The Hall–Kier alpha value is -2.49. The molecule has 0 spiro atoms. The second-order valence-corrected chi connectivity index (χ2v) is 6.89. The lowest BCUT2D eigenvalue weighted by Crippen LogP contribution is -2.37. The molecule has 4 rings (SSSR count). The number of nitrogens with zero attached hydrogens (tertiary/aromatic N) is 1. The first-order valence-corrected chi connectivity index (χ1v) is 9.17. The van der Waals surface area contributed by atoms with Crippen LogP contribution < -0.4 is 15.8 Å². The zero-order chi connectivity index (χ0) is 17.1. The predicted molar refractivity (Wildman–Crippen MR) is 101 cm³/mol. The summed E-state index contributed by atoms with van der Waals surface area (Å²) in [4.78, 5) is 4.66. The van der Waals surface area contributed by atoms with Crippen LogP contribution in [-0.2, 0) is 6.42 Å². The number of para-hydroxylation sites is 1. The molecular formula is C21H25N3O. The average Bonchev–Trinajstić information content (AvgIpc) is 2.66. The second kappa shape index (κ2) is 7.18. The molecule has 4 nitrogen and oxygen atoms in total. The number of aryl methyl sites for hydroxylation is 1. The van der Waals surface area contributed by atoms with Crippen LogP contribution in [0.25, 0.3) is 0 Å². The van der Waals surface area contributed by atoms with Gasteiger partial charge in [0.05, 0.1) is 12.6 Å². The first-order chi connectivity index (χ1) is 12.3. The summed E-state index contributed by atoms with van der Waals surface area (Å²) in [5.74, 6) is 1.96. The maximum Gasteiger partial charge on any atom is 0.189 e. The fourth-order valence-corrected chi connectivity index (χ4v) is 3.97. The van der Waals surface area contributed by atoms with Gasteiger partial charge in [-0.05, 0) is 36.5 Å². The molecule has 0 saturated heterocycles. The molecule has 2 aromatic rings.